The highest BCUT2D eigenvalue weighted by Crippen LogP contribution is 2.22. The van der Waals surface area contributed by atoms with Crippen molar-refractivity contribution in [2.45, 2.75) is 26.7 Å². The molecule has 1 saturated heterocycles. The molecule has 0 aliphatic carbocycles. The van der Waals surface area contributed by atoms with Crippen molar-refractivity contribution in [3.05, 3.63) is 53.7 Å². The Kier molecular flexibility index (Phi) is 7.59. The monoisotopic (exact) mass is 424 g/mol. The van der Waals surface area contributed by atoms with Gasteiger partial charge >= 0.3 is 5.97 Å². The maximum Gasteiger partial charge on any atom is 0.342 e. The number of esters is 1. The van der Waals surface area contributed by atoms with Gasteiger partial charge in [-0.1, -0.05) is 0 Å². The van der Waals surface area contributed by atoms with Gasteiger partial charge in [0.2, 0.25) is 0 Å². The van der Waals surface area contributed by atoms with Crippen LogP contribution in [0.1, 0.15) is 47.4 Å². The fraction of sp³-hybridized carbons (Fsp3) is 0.391. The van der Waals surface area contributed by atoms with E-state index in [1.165, 1.54) is 0 Å². The lowest BCUT2D eigenvalue weighted by Crippen LogP contribution is -2.30. The second-order valence-corrected chi connectivity index (χ2v) is 7.25. The second kappa shape index (κ2) is 10.6. The van der Waals surface area contributed by atoms with Crippen LogP contribution in [0.5, 0.6) is 0 Å². The summed E-state index contributed by atoms with van der Waals surface area (Å²) in [4.78, 5) is 45.2. The predicted octanol–water partition coefficient (Wildman–Crippen LogP) is 2.96. The molecule has 0 unspecified atom stereocenters. The lowest BCUT2D eigenvalue weighted by Gasteiger charge is -2.19. The van der Waals surface area contributed by atoms with Gasteiger partial charge in [0.25, 0.3) is 11.8 Å². The number of pyridine rings is 1. The number of rotatable bonds is 8. The molecule has 2 aromatic rings. The number of hydrogen-bond donors (Lipinski definition) is 1. The van der Waals surface area contributed by atoms with Crippen molar-refractivity contribution in [2.75, 3.05) is 43.0 Å². The predicted molar refractivity (Wildman–Crippen MR) is 118 cm³/mol. The molecule has 1 aromatic carbocycles. The van der Waals surface area contributed by atoms with Crippen LogP contribution >= 0.6 is 0 Å². The van der Waals surface area contributed by atoms with E-state index in [2.05, 4.69) is 15.2 Å². The number of nitrogens with one attached hydrogen (secondary N) is 1. The molecule has 8 nitrogen and oxygen atoms in total. The van der Waals surface area contributed by atoms with Crippen LogP contribution in [-0.4, -0.2) is 60.5 Å². The van der Waals surface area contributed by atoms with Crippen molar-refractivity contribution in [1.29, 1.82) is 0 Å². The van der Waals surface area contributed by atoms with Crippen LogP contribution in [0.25, 0.3) is 0 Å². The van der Waals surface area contributed by atoms with E-state index in [0.717, 1.165) is 25.9 Å². The van der Waals surface area contributed by atoms with Crippen LogP contribution in [0, 0.1) is 0 Å². The standard InChI is InChI=1S/C23H28N4O4/c1-3-26(4-2)22(29)17-9-11-18(12-10-17)25-20(28)16-31-23(30)19-8-7-13-24-21(19)27-14-5-6-15-27/h7-13H,3-6,14-16H2,1-2H3,(H,25,28). The number of anilines is 2. The van der Waals surface area contributed by atoms with Crippen molar-refractivity contribution in [3.8, 4) is 0 Å². The fourth-order valence-corrected chi connectivity index (χ4v) is 3.53. The van der Waals surface area contributed by atoms with Gasteiger partial charge < -0.3 is 19.9 Å². The quantitative estimate of drug-likeness (QED) is 0.655. The number of hydrogen-bond acceptors (Lipinski definition) is 6. The molecule has 1 fully saturated rings. The van der Waals surface area contributed by atoms with Gasteiger partial charge in [-0.15, -0.1) is 0 Å². The molecule has 0 bridgehead atoms. The number of carbonyl (C=O) groups is 3. The van der Waals surface area contributed by atoms with Gasteiger partial charge in [0.15, 0.2) is 6.61 Å². The number of nitrogens with zero attached hydrogens (tertiary/aromatic N) is 3. The Morgan fingerprint density at radius 2 is 1.74 bits per heavy atom. The summed E-state index contributed by atoms with van der Waals surface area (Å²) < 4.78 is 5.21. The molecule has 0 spiro atoms. The Morgan fingerprint density at radius 1 is 1.06 bits per heavy atom. The number of amides is 2. The Balaban J connectivity index is 1.55. The zero-order valence-electron chi connectivity index (χ0n) is 18.0. The minimum absolute atomic E-state index is 0.0536. The maximum atomic E-state index is 12.5. The molecule has 3 rings (SSSR count). The molecule has 31 heavy (non-hydrogen) atoms. The largest absolute Gasteiger partial charge is 0.452 e. The first kappa shape index (κ1) is 22.3. The summed E-state index contributed by atoms with van der Waals surface area (Å²) in [7, 11) is 0. The Labute approximate surface area is 182 Å². The number of carbonyl (C=O) groups excluding carboxylic acids is 3. The van der Waals surface area contributed by atoms with E-state index in [1.54, 1.807) is 47.5 Å². The molecule has 2 heterocycles. The molecular weight excluding hydrogens is 396 g/mol. The highest BCUT2D eigenvalue weighted by atomic mass is 16.5. The summed E-state index contributed by atoms with van der Waals surface area (Å²) in [6.07, 6.45) is 3.77. The average Bonchev–Trinajstić information content (AvgIpc) is 3.33. The highest BCUT2D eigenvalue weighted by Gasteiger charge is 2.22. The highest BCUT2D eigenvalue weighted by molar-refractivity contribution is 5.98. The SMILES string of the molecule is CCN(CC)C(=O)c1ccc(NC(=O)COC(=O)c2cccnc2N2CCCC2)cc1. The van der Waals surface area contributed by atoms with Gasteiger partial charge in [0.1, 0.15) is 11.4 Å². The zero-order chi connectivity index (χ0) is 22.2. The van der Waals surface area contributed by atoms with Crippen molar-refractivity contribution in [1.82, 2.24) is 9.88 Å². The van der Waals surface area contributed by atoms with Crippen LogP contribution in [-0.2, 0) is 9.53 Å². The third kappa shape index (κ3) is 5.59. The topological polar surface area (TPSA) is 91.8 Å². The first-order valence-electron chi connectivity index (χ1n) is 10.6. The van der Waals surface area contributed by atoms with E-state index >= 15 is 0 Å². The molecule has 1 aliphatic rings. The Hall–Kier alpha value is -3.42. The first-order valence-corrected chi connectivity index (χ1v) is 10.6. The van der Waals surface area contributed by atoms with Gasteiger partial charge in [-0.3, -0.25) is 9.59 Å². The third-order valence-corrected chi connectivity index (χ3v) is 5.21. The molecule has 8 heteroatoms. The van der Waals surface area contributed by atoms with E-state index < -0.39 is 18.5 Å². The molecule has 2 amide bonds. The first-order chi connectivity index (χ1) is 15.0. The summed E-state index contributed by atoms with van der Waals surface area (Å²) >= 11 is 0. The van der Waals surface area contributed by atoms with Crippen LogP contribution in [0.3, 0.4) is 0 Å². The van der Waals surface area contributed by atoms with Crippen molar-refractivity contribution >= 4 is 29.3 Å². The van der Waals surface area contributed by atoms with E-state index in [0.29, 0.717) is 35.7 Å². The Morgan fingerprint density at radius 3 is 2.39 bits per heavy atom. The third-order valence-electron chi connectivity index (χ3n) is 5.21. The van der Waals surface area contributed by atoms with Crippen LogP contribution < -0.4 is 10.2 Å². The molecule has 1 N–H and O–H groups in total. The average molecular weight is 425 g/mol. The van der Waals surface area contributed by atoms with Crippen LogP contribution in [0.4, 0.5) is 11.5 Å². The summed E-state index contributed by atoms with van der Waals surface area (Å²) in [5.74, 6) is -0.492. The molecule has 0 saturated carbocycles. The molecule has 0 radical (unpaired) electrons. The van der Waals surface area contributed by atoms with Crippen molar-refractivity contribution in [2.24, 2.45) is 0 Å². The van der Waals surface area contributed by atoms with Gasteiger partial charge in [0.05, 0.1) is 0 Å². The van der Waals surface area contributed by atoms with E-state index in [-0.39, 0.29) is 5.91 Å². The summed E-state index contributed by atoms with van der Waals surface area (Å²) in [6.45, 7) is 6.42. The van der Waals surface area contributed by atoms with Gasteiger partial charge in [-0.05, 0) is 63.1 Å². The van der Waals surface area contributed by atoms with Crippen LogP contribution in [0.2, 0.25) is 0 Å². The van der Waals surface area contributed by atoms with Gasteiger partial charge in [-0.25, -0.2) is 9.78 Å². The summed E-state index contributed by atoms with van der Waals surface area (Å²) in [5.41, 5.74) is 1.44. The number of benzene rings is 1. The number of ether oxygens (including phenoxy) is 1. The summed E-state index contributed by atoms with van der Waals surface area (Å²) in [6, 6.07) is 9.98. The second-order valence-electron chi connectivity index (χ2n) is 7.25. The molecule has 1 aliphatic heterocycles. The van der Waals surface area contributed by atoms with E-state index in [4.69, 9.17) is 4.74 Å². The molecule has 164 valence electrons. The number of aromatic nitrogens is 1. The lowest BCUT2D eigenvalue weighted by atomic mass is 10.2. The normalized spacial score (nSPS) is 13.0. The smallest absolute Gasteiger partial charge is 0.342 e. The maximum absolute atomic E-state index is 12.5. The van der Waals surface area contributed by atoms with Crippen LogP contribution in [0.15, 0.2) is 42.6 Å². The minimum atomic E-state index is -0.578. The van der Waals surface area contributed by atoms with E-state index in [1.807, 2.05) is 13.8 Å². The molecule has 1 aromatic heterocycles. The molecule has 0 atom stereocenters. The van der Waals surface area contributed by atoms with Crippen molar-refractivity contribution < 1.29 is 19.1 Å². The van der Waals surface area contributed by atoms with Crippen molar-refractivity contribution in [3.63, 3.8) is 0 Å². The zero-order valence-corrected chi connectivity index (χ0v) is 18.0. The lowest BCUT2D eigenvalue weighted by molar-refractivity contribution is -0.119. The van der Waals surface area contributed by atoms with Gasteiger partial charge in [0, 0.05) is 43.6 Å². The van der Waals surface area contributed by atoms with E-state index in [9.17, 15) is 14.4 Å². The fourth-order valence-electron chi connectivity index (χ4n) is 3.53. The summed E-state index contributed by atoms with van der Waals surface area (Å²) in [5, 5.41) is 2.67. The minimum Gasteiger partial charge on any atom is -0.452 e. The van der Waals surface area contributed by atoms with Gasteiger partial charge in [-0.2, -0.15) is 0 Å². The molecular formula is C23H28N4O4. The Bertz CT molecular complexity index is 919.